The van der Waals surface area contributed by atoms with E-state index in [0.717, 1.165) is 24.2 Å². The zero-order chi connectivity index (χ0) is 12.5. The van der Waals surface area contributed by atoms with Crippen molar-refractivity contribution in [3.8, 4) is 5.75 Å². The van der Waals surface area contributed by atoms with Gasteiger partial charge >= 0.3 is 0 Å². The fourth-order valence-corrected chi connectivity index (χ4v) is 2.06. The van der Waals surface area contributed by atoms with Gasteiger partial charge in [-0.05, 0) is 30.5 Å². The summed E-state index contributed by atoms with van der Waals surface area (Å²) in [5, 5.41) is 0. The SMILES string of the molecule is COCOc1ccc([C@@H]2O[C@H]2C(=O)C2CC2)cc1. The first-order chi connectivity index (χ1) is 8.79. The molecule has 0 aromatic heterocycles. The summed E-state index contributed by atoms with van der Waals surface area (Å²) >= 11 is 0. The Morgan fingerprint density at radius 2 is 2.06 bits per heavy atom. The lowest BCUT2D eigenvalue weighted by molar-refractivity contribution is -0.121. The third-order valence-electron chi connectivity index (χ3n) is 3.30. The van der Waals surface area contributed by atoms with E-state index in [1.807, 2.05) is 24.3 Å². The van der Waals surface area contributed by atoms with Crippen LogP contribution in [-0.4, -0.2) is 25.8 Å². The maximum Gasteiger partial charge on any atom is 0.188 e. The van der Waals surface area contributed by atoms with Gasteiger partial charge < -0.3 is 14.2 Å². The number of ketones is 1. The molecule has 2 aliphatic rings. The van der Waals surface area contributed by atoms with E-state index in [1.165, 1.54) is 0 Å². The van der Waals surface area contributed by atoms with E-state index in [0.29, 0.717) is 0 Å². The van der Waals surface area contributed by atoms with Crippen molar-refractivity contribution in [2.45, 2.75) is 25.0 Å². The second-order valence-electron chi connectivity index (χ2n) is 4.77. The van der Waals surface area contributed by atoms with Gasteiger partial charge in [-0.25, -0.2) is 0 Å². The van der Waals surface area contributed by atoms with Crippen LogP contribution < -0.4 is 4.74 Å². The molecule has 0 unspecified atom stereocenters. The zero-order valence-electron chi connectivity index (χ0n) is 10.3. The van der Waals surface area contributed by atoms with Crippen LogP contribution in [0.5, 0.6) is 5.75 Å². The van der Waals surface area contributed by atoms with Gasteiger partial charge in [0.25, 0.3) is 0 Å². The smallest absolute Gasteiger partial charge is 0.188 e. The van der Waals surface area contributed by atoms with Crippen molar-refractivity contribution in [2.24, 2.45) is 5.92 Å². The molecule has 18 heavy (non-hydrogen) atoms. The second kappa shape index (κ2) is 4.71. The van der Waals surface area contributed by atoms with E-state index in [2.05, 4.69) is 0 Å². The van der Waals surface area contributed by atoms with Crippen LogP contribution in [0.25, 0.3) is 0 Å². The Morgan fingerprint density at radius 1 is 1.33 bits per heavy atom. The molecular formula is C14H16O4. The molecule has 4 heteroatoms. The number of benzene rings is 1. The molecule has 2 fully saturated rings. The van der Waals surface area contributed by atoms with Gasteiger partial charge in [0.05, 0.1) is 0 Å². The number of ether oxygens (including phenoxy) is 3. The van der Waals surface area contributed by atoms with Crippen LogP contribution in [0.4, 0.5) is 0 Å². The maximum absolute atomic E-state index is 11.8. The lowest BCUT2D eigenvalue weighted by atomic mass is 10.1. The highest BCUT2D eigenvalue weighted by atomic mass is 16.7. The molecule has 0 N–H and O–H groups in total. The van der Waals surface area contributed by atoms with E-state index >= 15 is 0 Å². The standard InChI is InChI=1S/C14H16O4/c1-16-8-17-11-6-4-10(5-7-11)13-14(18-13)12(15)9-2-3-9/h4-7,9,13-14H,2-3,8H2,1H3/t13-,14-/m0/s1. The average molecular weight is 248 g/mol. The molecule has 1 aliphatic heterocycles. The number of epoxide rings is 1. The number of carbonyl (C=O) groups is 1. The summed E-state index contributed by atoms with van der Waals surface area (Å²) in [7, 11) is 1.58. The van der Waals surface area contributed by atoms with Crippen molar-refractivity contribution in [3.05, 3.63) is 29.8 Å². The zero-order valence-corrected chi connectivity index (χ0v) is 10.3. The third-order valence-corrected chi connectivity index (χ3v) is 3.30. The lowest BCUT2D eigenvalue weighted by Gasteiger charge is -2.04. The topological polar surface area (TPSA) is 48.1 Å². The van der Waals surface area contributed by atoms with Crippen molar-refractivity contribution in [2.75, 3.05) is 13.9 Å². The van der Waals surface area contributed by atoms with E-state index in [-0.39, 0.29) is 30.7 Å². The van der Waals surface area contributed by atoms with E-state index in [4.69, 9.17) is 14.2 Å². The van der Waals surface area contributed by atoms with Crippen LogP contribution in [0, 0.1) is 5.92 Å². The highest BCUT2D eigenvalue weighted by Gasteiger charge is 2.50. The summed E-state index contributed by atoms with van der Waals surface area (Å²) in [6, 6.07) is 7.62. The minimum atomic E-state index is -0.205. The molecule has 1 aromatic carbocycles. The van der Waals surface area contributed by atoms with Crippen molar-refractivity contribution in [1.29, 1.82) is 0 Å². The van der Waals surface area contributed by atoms with Crippen LogP contribution >= 0.6 is 0 Å². The number of Topliss-reactive ketones (excluding diaryl/α,β-unsaturated/α-hetero) is 1. The normalized spacial score (nSPS) is 25.8. The van der Waals surface area contributed by atoms with Gasteiger partial charge in [-0.15, -0.1) is 0 Å². The van der Waals surface area contributed by atoms with Gasteiger partial charge in [-0.1, -0.05) is 12.1 Å². The Labute approximate surface area is 106 Å². The molecule has 0 amide bonds. The van der Waals surface area contributed by atoms with Crippen LogP contribution in [0.15, 0.2) is 24.3 Å². The predicted molar refractivity (Wildman–Crippen MR) is 64.3 cm³/mol. The third kappa shape index (κ3) is 2.40. The number of methoxy groups -OCH3 is 1. The second-order valence-corrected chi connectivity index (χ2v) is 4.77. The minimum Gasteiger partial charge on any atom is -0.468 e. The summed E-state index contributed by atoms with van der Waals surface area (Å²) in [5.41, 5.74) is 1.04. The fraction of sp³-hybridized carbons (Fsp3) is 0.500. The predicted octanol–water partition coefficient (Wildman–Crippen LogP) is 2.09. The molecule has 1 aromatic rings. The number of carbonyl (C=O) groups excluding carboxylic acids is 1. The number of rotatable bonds is 6. The van der Waals surface area contributed by atoms with Crippen molar-refractivity contribution >= 4 is 5.78 Å². The first-order valence-electron chi connectivity index (χ1n) is 6.20. The molecule has 1 aliphatic carbocycles. The van der Waals surface area contributed by atoms with Crippen molar-refractivity contribution in [1.82, 2.24) is 0 Å². The largest absolute Gasteiger partial charge is 0.468 e. The Morgan fingerprint density at radius 3 is 2.67 bits per heavy atom. The molecular weight excluding hydrogens is 232 g/mol. The van der Waals surface area contributed by atoms with Crippen LogP contribution in [0.2, 0.25) is 0 Å². The van der Waals surface area contributed by atoms with Crippen LogP contribution in [0.3, 0.4) is 0 Å². The molecule has 1 saturated carbocycles. The van der Waals surface area contributed by atoms with Gasteiger partial charge in [0.1, 0.15) is 18.0 Å². The highest BCUT2D eigenvalue weighted by molar-refractivity contribution is 5.90. The fourth-order valence-electron chi connectivity index (χ4n) is 2.06. The molecule has 0 spiro atoms. The first kappa shape index (κ1) is 11.7. The Bertz CT molecular complexity index is 436. The summed E-state index contributed by atoms with van der Waals surface area (Å²) < 4.78 is 15.6. The van der Waals surface area contributed by atoms with Gasteiger partial charge in [0.15, 0.2) is 12.6 Å². The lowest BCUT2D eigenvalue weighted by Crippen LogP contribution is -2.09. The van der Waals surface area contributed by atoms with E-state index in [1.54, 1.807) is 7.11 Å². The molecule has 0 radical (unpaired) electrons. The summed E-state index contributed by atoms with van der Waals surface area (Å²) in [4.78, 5) is 11.8. The minimum absolute atomic E-state index is 0.0467. The van der Waals surface area contributed by atoms with Gasteiger partial charge in [-0.3, -0.25) is 4.79 Å². The molecule has 96 valence electrons. The molecule has 3 rings (SSSR count). The highest BCUT2D eigenvalue weighted by Crippen LogP contribution is 2.45. The maximum atomic E-state index is 11.8. The first-order valence-corrected chi connectivity index (χ1v) is 6.20. The average Bonchev–Trinajstić information content (AvgIpc) is 3.29. The molecule has 2 atom stereocenters. The molecule has 4 nitrogen and oxygen atoms in total. The van der Waals surface area contributed by atoms with E-state index < -0.39 is 0 Å². The van der Waals surface area contributed by atoms with Gasteiger partial charge in [0.2, 0.25) is 0 Å². The van der Waals surface area contributed by atoms with E-state index in [9.17, 15) is 4.79 Å². The number of hydrogen-bond acceptors (Lipinski definition) is 4. The van der Waals surface area contributed by atoms with Crippen LogP contribution in [-0.2, 0) is 14.3 Å². The molecule has 1 saturated heterocycles. The molecule has 0 bridgehead atoms. The monoisotopic (exact) mass is 248 g/mol. The summed E-state index contributed by atoms with van der Waals surface area (Å²) in [5.74, 6) is 1.30. The van der Waals surface area contributed by atoms with Crippen LogP contribution in [0.1, 0.15) is 24.5 Å². The Kier molecular flexibility index (Phi) is 3.06. The molecule has 1 heterocycles. The van der Waals surface area contributed by atoms with Gasteiger partial charge in [-0.2, -0.15) is 0 Å². The summed E-state index contributed by atoms with van der Waals surface area (Å²) in [6.07, 6.45) is 1.82. The van der Waals surface area contributed by atoms with Crippen molar-refractivity contribution in [3.63, 3.8) is 0 Å². The van der Waals surface area contributed by atoms with Gasteiger partial charge in [0, 0.05) is 13.0 Å². The van der Waals surface area contributed by atoms with Crippen molar-refractivity contribution < 1.29 is 19.0 Å². The Hall–Kier alpha value is -1.39. The number of hydrogen-bond donors (Lipinski definition) is 0. The quantitative estimate of drug-likeness (QED) is 0.571. The Balaban J connectivity index is 1.58. The summed E-state index contributed by atoms with van der Waals surface area (Å²) in [6.45, 7) is 0.238.